The second kappa shape index (κ2) is 5.64. The van der Waals surface area contributed by atoms with E-state index < -0.39 is 4.92 Å². The first-order valence-corrected chi connectivity index (χ1v) is 4.90. The Morgan fingerprint density at radius 2 is 2.29 bits per heavy atom. The molecule has 1 rings (SSSR count). The maximum absolute atomic E-state index is 10.9. The van der Waals surface area contributed by atoms with Gasteiger partial charge in [0.05, 0.1) is 4.92 Å². The zero-order valence-electron chi connectivity index (χ0n) is 9.27. The molecule has 17 heavy (non-hydrogen) atoms. The van der Waals surface area contributed by atoms with Crippen LogP contribution in [0.4, 0.5) is 17.3 Å². The number of carbonyl (C=O) groups excluding carboxylic acids is 1. The van der Waals surface area contributed by atoms with Crippen molar-refractivity contribution in [1.82, 2.24) is 10.3 Å². The number of nitrogens with zero attached hydrogens (tertiary/aromatic N) is 2. The Hall–Kier alpha value is -2.38. The molecule has 1 amide bonds. The minimum Gasteiger partial charge on any atom is -0.378 e. The Morgan fingerprint density at radius 3 is 2.82 bits per heavy atom. The molecule has 0 aliphatic carbocycles. The Balaban J connectivity index is 2.59. The van der Waals surface area contributed by atoms with Crippen LogP contribution in [0.1, 0.15) is 6.42 Å². The smallest absolute Gasteiger partial charge is 0.311 e. The number of nitro groups is 1. The van der Waals surface area contributed by atoms with Gasteiger partial charge >= 0.3 is 5.69 Å². The van der Waals surface area contributed by atoms with Crippen LogP contribution in [0, 0.1) is 10.1 Å². The molecule has 0 saturated carbocycles. The number of anilines is 2. The summed E-state index contributed by atoms with van der Waals surface area (Å²) in [7, 11) is 1.55. The molecule has 1 heterocycles. The van der Waals surface area contributed by atoms with Crippen molar-refractivity contribution < 1.29 is 9.72 Å². The Labute approximate surface area is 97.4 Å². The molecule has 0 radical (unpaired) electrons. The maximum Gasteiger partial charge on any atom is 0.311 e. The fourth-order valence-corrected chi connectivity index (χ4v) is 1.15. The largest absolute Gasteiger partial charge is 0.378 e. The number of amides is 1. The Kier molecular flexibility index (Phi) is 4.21. The van der Waals surface area contributed by atoms with Gasteiger partial charge in [0.1, 0.15) is 5.82 Å². The number of hydrogen-bond donors (Lipinski definition) is 3. The van der Waals surface area contributed by atoms with Crippen molar-refractivity contribution in [3.63, 3.8) is 0 Å². The molecule has 1 aromatic heterocycles. The van der Waals surface area contributed by atoms with E-state index in [0.717, 1.165) is 0 Å². The number of nitrogen functional groups attached to an aromatic ring is 1. The average molecular weight is 239 g/mol. The second-order valence-corrected chi connectivity index (χ2v) is 3.21. The third kappa shape index (κ3) is 3.59. The zero-order valence-corrected chi connectivity index (χ0v) is 9.27. The quantitative estimate of drug-likeness (QED) is 0.495. The first-order valence-electron chi connectivity index (χ1n) is 4.90. The molecule has 1 aromatic rings. The lowest BCUT2D eigenvalue weighted by molar-refractivity contribution is -0.384. The summed E-state index contributed by atoms with van der Waals surface area (Å²) in [6, 6.07) is 2.71. The van der Waals surface area contributed by atoms with Crippen LogP contribution in [0.2, 0.25) is 0 Å². The summed E-state index contributed by atoms with van der Waals surface area (Å²) < 4.78 is 0. The van der Waals surface area contributed by atoms with Crippen LogP contribution < -0.4 is 16.4 Å². The van der Waals surface area contributed by atoms with Gasteiger partial charge in [-0.25, -0.2) is 4.98 Å². The van der Waals surface area contributed by atoms with Gasteiger partial charge in [-0.1, -0.05) is 0 Å². The molecule has 0 aromatic carbocycles. The van der Waals surface area contributed by atoms with Crippen molar-refractivity contribution in [3.8, 4) is 0 Å². The van der Waals surface area contributed by atoms with Crippen LogP contribution >= 0.6 is 0 Å². The number of rotatable bonds is 5. The molecule has 92 valence electrons. The number of hydrogen-bond acceptors (Lipinski definition) is 6. The minimum absolute atomic E-state index is 0.104. The molecule has 0 fully saturated rings. The van der Waals surface area contributed by atoms with Crippen molar-refractivity contribution in [3.05, 3.63) is 22.2 Å². The number of nitrogens with one attached hydrogen (secondary N) is 2. The molecule has 0 aliphatic heterocycles. The van der Waals surface area contributed by atoms with Gasteiger partial charge in [-0.2, -0.15) is 0 Å². The summed E-state index contributed by atoms with van der Waals surface area (Å²) in [6.07, 6.45) is 0.287. The van der Waals surface area contributed by atoms with E-state index in [1.165, 1.54) is 12.1 Å². The highest BCUT2D eigenvalue weighted by atomic mass is 16.6. The lowest BCUT2D eigenvalue weighted by Gasteiger charge is -2.05. The monoisotopic (exact) mass is 239 g/mol. The fraction of sp³-hybridized carbons (Fsp3) is 0.333. The molecule has 0 aliphatic rings. The minimum atomic E-state index is -0.601. The lowest BCUT2D eigenvalue weighted by Crippen LogP contribution is -2.21. The standard InChI is InChI=1S/C9H13N5O3/c1-11-8(15)4-5-12-7-3-2-6(14(16)17)9(10)13-7/h2-3H,4-5H2,1H3,(H,11,15)(H3,10,12,13). The lowest BCUT2D eigenvalue weighted by atomic mass is 10.3. The predicted octanol–water partition coefficient (Wildman–Crippen LogP) is 0.120. The number of nitrogens with two attached hydrogens (primary N) is 1. The van der Waals surface area contributed by atoms with Gasteiger partial charge in [-0.3, -0.25) is 14.9 Å². The van der Waals surface area contributed by atoms with Crippen LogP contribution in [0.15, 0.2) is 12.1 Å². The normalized spacial score (nSPS) is 9.71. The average Bonchev–Trinajstić information content (AvgIpc) is 2.28. The van der Waals surface area contributed by atoms with Gasteiger partial charge < -0.3 is 16.4 Å². The molecule has 8 nitrogen and oxygen atoms in total. The van der Waals surface area contributed by atoms with E-state index in [1.807, 2.05) is 0 Å². The fourth-order valence-electron chi connectivity index (χ4n) is 1.15. The van der Waals surface area contributed by atoms with E-state index in [1.54, 1.807) is 7.05 Å². The summed E-state index contributed by atoms with van der Waals surface area (Å²) in [6.45, 7) is 0.379. The summed E-state index contributed by atoms with van der Waals surface area (Å²) >= 11 is 0. The summed E-state index contributed by atoms with van der Waals surface area (Å²) in [5.74, 6) is 0.143. The van der Waals surface area contributed by atoms with Crippen molar-refractivity contribution in [2.24, 2.45) is 0 Å². The van der Waals surface area contributed by atoms with E-state index in [4.69, 9.17) is 5.73 Å². The molecule has 8 heteroatoms. The van der Waals surface area contributed by atoms with E-state index in [9.17, 15) is 14.9 Å². The topological polar surface area (TPSA) is 123 Å². The highest BCUT2D eigenvalue weighted by Crippen LogP contribution is 2.20. The highest BCUT2D eigenvalue weighted by molar-refractivity contribution is 5.76. The molecule has 0 saturated heterocycles. The van der Waals surface area contributed by atoms with Gasteiger partial charge in [0.25, 0.3) is 0 Å². The highest BCUT2D eigenvalue weighted by Gasteiger charge is 2.12. The van der Waals surface area contributed by atoms with Crippen LogP contribution in [-0.4, -0.2) is 29.4 Å². The Morgan fingerprint density at radius 1 is 1.59 bits per heavy atom. The zero-order chi connectivity index (χ0) is 12.8. The van der Waals surface area contributed by atoms with Crippen molar-refractivity contribution in [2.75, 3.05) is 24.6 Å². The van der Waals surface area contributed by atoms with Crippen LogP contribution in [0.25, 0.3) is 0 Å². The molecule has 0 bridgehead atoms. The summed E-state index contributed by atoms with van der Waals surface area (Å²) in [5.41, 5.74) is 5.17. The number of pyridine rings is 1. The molecule has 0 atom stereocenters. The SMILES string of the molecule is CNC(=O)CCNc1ccc([N+](=O)[O-])c(N)n1. The van der Waals surface area contributed by atoms with Gasteiger partial charge in [-0.05, 0) is 6.07 Å². The number of aromatic nitrogens is 1. The summed E-state index contributed by atoms with van der Waals surface area (Å²) in [5, 5.41) is 15.8. The van der Waals surface area contributed by atoms with Gasteiger partial charge in [0.15, 0.2) is 0 Å². The molecule has 4 N–H and O–H groups in total. The van der Waals surface area contributed by atoms with Crippen LogP contribution in [0.5, 0.6) is 0 Å². The van der Waals surface area contributed by atoms with Gasteiger partial charge in [0.2, 0.25) is 11.7 Å². The van der Waals surface area contributed by atoms with E-state index >= 15 is 0 Å². The first kappa shape index (κ1) is 12.7. The van der Waals surface area contributed by atoms with E-state index in [2.05, 4.69) is 15.6 Å². The van der Waals surface area contributed by atoms with Gasteiger partial charge in [-0.15, -0.1) is 0 Å². The van der Waals surface area contributed by atoms with E-state index in [0.29, 0.717) is 12.4 Å². The van der Waals surface area contributed by atoms with Crippen molar-refractivity contribution >= 4 is 23.2 Å². The van der Waals surface area contributed by atoms with Crippen LogP contribution in [0.3, 0.4) is 0 Å². The summed E-state index contributed by atoms with van der Waals surface area (Å²) in [4.78, 5) is 24.6. The molecular formula is C9H13N5O3. The second-order valence-electron chi connectivity index (χ2n) is 3.21. The van der Waals surface area contributed by atoms with Crippen LogP contribution in [-0.2, 0) is 4.79 Å². The van der Waals surface area contributed by atoms with Gasteiger partial charge in [0, 0.05) is 26.1 Å². The number of carbonyl (C=O) groups is 1. The maximum atomic E-state index is 10.9. The third-order valence-corrected chi connectivity index (χ3v) is 2.04. The molecular weight excluding hydrogens is 226 g/mol. The molecule has 0 unspecified atom stereocenters. The third-order valence-electron chi connectivity index (χ3n) is 2.04. The van der Waals surface area contributed by atoms with Crippen molar-refractivity contribution in [1.29, 1.82) is 0 Å². The molecule has 0 spiro atoms. The predicted molar refractivity (Wildman–Crippen MR) is 62.5 cm³/mol. The first-order chi connectivity index (χ1) is 8.04. The Bertz CT molecular complexity index is 435. The van der Waals surface area contributed by atoms with E-state index in [-0.39, 0.29) is 23.8 Å². The van der Waals surface area contributed by atoms with Crippen molar-refractivity contribution in [2.45, 2.75) is 6.42 Å².